The summed E-state index contributed by atoms with van der Waals surface area (Å²) in [5.74, 6) is -2.17. The number of aromatic nitrogens is 1. The summed E-state index contributed by atoms with van der Waals surface area (Å²) in [6.07, 6.45) is 0.632. The summed E-state index contributed by atoms with van der Waals surface area (Å²) >= 11 is 0.717. The van der Waals surface area contributed by atoms with Crippen molar-refractivity contribution in [1.29, 1.82) is 0 Å². The highest BCUT2D eigenvalue weighted by atomic mass is 32.2. The molecule has 0 aromatic carbocycles. The fourth-order valence-electron chi connectivity index (χ4n) is 1.42. The molecule has 20 heavy (non-hydrogen) atoms. The van der Waals surface area contributed by atoms with Gasteiger partial charge in [-0.3, -0.25) is 4.79 Å². The highest BCUT2D eigenvalue weighted by Gasteiger charge is 2.30. The number of carbonyl (C=O) groups is 2. The largest absolute Gasteiger partial charge is 0.480 e. The molecule has 1 atom stereocenters. The lowest BCUT2D eigenvalue weighted by atomic mass is 10.2. The minimum absolute atomic E-state index is 0.140. The summed E-state index contributed by atoms with van der Waals surface area (Å²) < 4.78 is 30.3. The van der Waals surface area contributed by atoms with Crippen LogP contribution in [0.25, 0.3) is 0 Å². The fraction of sp³-hybridized carbons (Fsp3) is 0.500. The monoisotopic (exact) mass is 322 g/mol. The van der Waals surface area contributed by atoms with E-state index in [2.05, 4.69) is 14.4 Å². The fourth-order valence-corrected chi connectivity index (χ4v) is 3.79. The number of aliphatic carboxylic acids is 1. The highest BCUT2D eigenvalue weighted by molar-refractivity contribution is 7.91. The van der Waals surface area contributed by atoms with Crippen molar-refractivity contribution in [2.24, 2.45) is 0 Å². The van der Waals surface area contributed by atoms with E-state index in [0.29, 0.717) is 17.8 Å². The van der Waals surface area contributed by atoms with E-state index in [0.717, 1.165) is 7.11 Å². The first-order valence-corrected chi connectivity index (χ1v) is 7.96. The lowest BCUT2D eigenvalue weighted by Gasteiger charge is -2.13. The summed E-state index contributed by atoms with van der Waals surface area (Å²) in [6, 6.07) is -1.25. The van der Waals surface area contributed by atoms with Crippen LogP contribution in [0.15, 0.2) is 9.72 Å². The van der Waals surface area contributed by atoms with Crippen LogP contribution in [0.4, 0.5) is 0 Å². The van der Waals surface area contributed by atoms with Crippen LogP contribution in [0.5, 0.6) is 0 Å². The number of rotatable bonds is 7. The third-order valence-corrected chi connectivity index (χ3v) is 5.17. The van der Waals surface area contributed by atoms with Crippen molar-refractivity contribution in [3.63, 3.8) is 0 Å². The van der Waals surface area contributed by atoms with Gasteiger partial charge in [0.1, 0.15) is 6.04 Å². The van der Waals surface area contributed by atoms with Gasteiger partial charge >= 0.3 is 11.9 Å². The number of nitrogens with one attached hydrogen (secondary N) is 1. The van der Waals surface area contributed by atoms with Gasteiger partial charge in [0.05, 0.1) is 12.6 Å². The molecule has 0 fully saturated rings. The number of hydrogen-bond donors (Lipinski definition) is 2. The summed E-state index contributed by atoms with van der Waals surface area (Å²) in [5, 5.41) is 8.96. The van der Waals surface area contributed by atoms with Crippen molar-refractivity contribution < 1.29 is 27.9 Å². The van der Waals surface area contributed by atoms with Gasteiger partial charge in [0.25, 0.3) is 10.0 Å². The second kappa shape index (κ2) is 6.77. The molecule has 1 heterocycles. The molecule has 0 saturated heterocycles. The van der Waals surface area contributed by atoms with Crippen molar-refractivity contribution in [3.8, 4) is 0 Å². The van der Waals surface area contributed by atoms with Crippen molar-refractivity contribution in [2.45, 2.75) is 30.0 Å². The second-order valence-corrected chi connectivity index (χ2v) is 6.54. The number of methoxy groups -OCH3 is 1. The minimum Gasteiger partial charge on any atom is -0.480 e. The van der Waals surface area contributed by atoms with Gasteiger partial charge in [0.2, 0.25) is 0 Å². The third-order valence-electron chi connectivity index (χ3n) is 2.33. The maximum absolute atomic E-state index is 12.1. The summed E-state index contributed by atoms with van der Waals surface area (Å²) in [6.45, 7) is 1.73. The molecule has 8 nitrogen and oxygen atoms in total. The van der Waals surface area contributed by atoms with E-state index >= 15 is 0 Å². The minimum atomic E-state index is -4.14. The molecule has 0 radical (unpaired) electrons. The molecule has 10 heteroatoms. The van der Waals surface area contributed by atoms with Crippen LogP contribution < -0.4 is 4.72 Å². The van der Waals surface area contributed by atoms with Crippen LogP contribution in [0, 0.1) is 0 Å². The lowest BCUT2D eigenvalue weighted by Crippen LogP contribution is -2.40. The number of esters is 1. The van der Waals surface area contributed by atoms with Crippen molar-refractivity contribution >= 4 is 33.3 Å². The molecule has 0 spiro atoms. The zero-order valence-corrected chi connectivity index (χ0v) is 12.5. The molecule has 0 saturated carbocycles. The number of sulfonamides is 1. The van der Waals surface area contributed by atoms with E-state index in [1.165, 1.54) is 5.51 Å². The van der Waals surface area contributed by atoms with Crippen LogP contribution in [0.3, 0.4) is 0 Å². The van der Waals surface area contributed by atoms with Crippen LogP contribution in [0.2, 0.25) is 0 Å². The second-order valence-electron chi connectivity index (χ2n) is 3.78. The van der Waals surface area contributed by atoms with E-state index in [1.807, 2.05) is 0 Å². The Bertz CT molecular complexity index is 595. The lowest BCUT2D eigenvalue weighted by molar-refractivity contribution is -0.139. The molecule has 112 valence electrons. The molecule has 0 amide bonds. The number of carbonyl (C=O) groups excluding carboxylic acids is 1. The van der Waals surface area contributed by atoms with Crippen molar-refractivity contribution in [2.75, 3.05) is 7.11 Å². The SMILES string of the molecule is CCCC(NS(=O)(=O)c1scnc1C(=O)OC)C(=O)O. The number of thiazole rings is 1. The van der Waals surface area contributed by atoms with E-state index < -0.39 is 28.0 Å². The number of hydrogen-bond acceptors (Lipinski definition) is 7. The molecule has 0 aliphatic heterocycles. The molecule has 0 aliphatic carbocycles. The Morgan fingerprint density at radius 2 is 2.20 bits per heavy atom. The number of nitrogens with zero attached hydrogens (tertiary/aromatic N) is 1. The summed E-state index contributed by atoms with van der Waals surface area (Å²) in [5.41, 5.74) is 0.821. The van der Waals surface area contributed by atoms with Gasteiger partial charge < -0.3 is 9.84 Å². The summed E-state index contributed by atoms with van der Waals surface area (Å²) in [4.78, 5) is 26.0. The highest BCUT2D eigenvalue weighted by Crippen LogP contribution is 2.21. The standard InChI is InChI=1S/C10H14N2O6S2/c1-3-4-6(8(13)14)12-20(16,17)10-7(9(15)18-2)11-5-19-10/h5-6,12H,3-4H2,1-2H3,(H,13,14). The Hall–Kier alpha value is -1.52. The van der Waals surface area contributed by atoms with Crippen molar-refractivity contribution in [1.82, 2.24) is 9.71 Å². The molecular formula is C10H14N2O6S2. The topological polar surface area (TPSA) is 123 Å². The average molecular weight is 322 g/mol. The molecule has 0 aliphatic rings. The number of carboxylic acid groups (broad SMARTS) is 1. The summed E-state index contributed by atoms with van der Waals surface area (Å²) in [7, 11) is -3.04. The van der Waals surface area contributed by atoms with Gasteiger partial charge in [-0.05, 0) is 6.42 Å². The van der Waals surface area contributed by atoms with Gasteiger partial charge in [-0.15, -0.1) is 11.3 Å². The van der Waals surface area contributed by atoms with Crippen molar-refractivity contribution in [3.05, 3.63) is 11.2 Å². The third kappa shape index (κ3) is 3.74. The Morgan fingerprint density at radius 3 is 2.70 bits per heavy atom. The molecule has 1 rings (SSSR count). The first-order valence-electron chi connectivity index (χ1n) is 5.60. The molecule has 2 N–H and O–H groups in total. The quantitative estimate of drug-likeness (QED) is 0.699. The molecule has 0 bridgehead atoms. The maximum Gasteiger partial charge on any atom is 0.358 e. The van der Waals surface area contributed by atoms with Crippen LogP contribution in [0.1, 0.15) is 30.3 Å². The predicted octanol–water partition coefficient (Wildman–Crippen LogP) is 0.461. The number of ether oxygens (including phenoxy) is 1. The van der Waals surface area contributed by atoms with Crippen LogP contribution in [-0.2, 0) is 19.6 Å². The Kier molecular flexibility index (Phi) is 5.60. The van der Waals surface area contributed by atoms with E-state index in [9.17, 15) is 18.0 Å². The number of carboxylic acids is 1. The molecular weight excluding hydrogens is 308 g/mol. The van der Waals surface area contributed by atoms with E-state index in [1.54, 1.807) is 6.92 Å². The molecule has 1 unspecified atom stereocenters. The van der Waals surface area contributed by atoms with Gasteiger partial charge in [0.15, 0.2) is 9.90 Å². The Balaban J connectivity index is 3.08. The maximum atomic E-state index is 12.1. The van der Waals surface area contributed by atoms with Crippen LogP contribution in [-0.4, -0.2) is 43.6 Å². The van der Waals surface area contributed by atoms with Crippen LogP contribution >= 0.6 is 11.3 Å². The smallest absolute Gasteiger partial charge is 0.358 e. The Morgan fingerprint density at radius 1 is 1.55 bits per heavy atom. The average Bonchev–Trinajstić information content (AvgIpc) is 2.87. The zero-order chi connectivity index (χ0) is 15.3. The van der Waals surface area contributed by atoms with E-state index in [-0.39, 0.29) is 16.3 Å². The predicted molar refractivity (Wildman–Crippen MR) is 70.1 cm³/mol. The van der Waals surface area contributed by atoms with E-state index in [4.69, 9.17) is 5.11 Å². The normalized spacial score (nSPS) is 12.9. The Labute approximate surface area is 119 Å². The molecule has 1 aromatic rings. The first-order chi connectivity index (χ1) is 9.33. The zero-order valence-electron chi connectivity index (χ0n) is 10.8. The first kappa shape index (κ1) is 16.5. The van der Waals surface area contributed by atoms with Gasteiger partial charge in [0, 0.05) is 0 Å². The molecule has 1 aromatic heterocycles. The van der Waals surface area contributed by atoms with Gasteiger partial charge in [-0.1, -0.05) is 13.3 Å². The van der Waals surface area contributed by atoms with Gasteiger partial charge in [-0.2, -0.15) is 4.72 Å². The van der Waals surface area contributed by atoms with Gasteiger partial charge in [-0.25, -0.2) is 18.2 Å².